The number of thioether (sulfide) groups is 1. The standard InChI is InChI=1S/C17H28N2S/c1-3-9-18-17(16-7-5-4-6-8-16)15(2)14-19-10-12-20-13-11-19/h4-8,15,17-18H,3,9-14H2,1-2H3. The summed E-state index contributed by atoms with van der Waals surface area (Å²) in [6.07, 6.45) is 1.19. The highest BCUT2D eigenvalue weighted by Crippen LogP contribution is 2.23. The summed E-state index contributed by atoms with van der Waals surface area (Å²) in [5.41, 5.74) is 1.43. The van der Waals surface area contributed by atoms with Crippen molar-refractivity contribution in [1.29, 1.82) is 0 Å². The quantitative estimate of drug-likeness (QED) is 0.829. The Balaban J connectivity index is 1.97. The van der Waals surface area contributed by atoms with Gasteiger partial charge in [-0.3, -0.25) is 0 Å². The van der Waals surface area contributed by atoms with Crippen LogP contribution in [0.3, 0.4) is 0 Å². The van der Waals surface area contributed by atoms with E-state index in [1.807, 2.05) is 0 Å². The van der Waals surface area contributed by atoms with Gasteiger partial charge in [-0.1, -0.05) is 44.2 Å². The Hall–Kier alpha value is -0.510. The molecule has 0 radical (unpaired) electrons. The minimum atomic E-state index is 0.478. The van der Waals surface area contributed by atoms with E-state index in [9.17, 15) is 0 Å². The molecule has 1 N–H and O–H groups in total. The van der Waals surface area contributed by atoms with E-state index in [0.717, 1.165) is 6.54 Å². The maximum absolute atomic E-state index is 3.74. The van der Waals surface area contributed by atoms with E-state index in [1.165, 1.54) is 43.1 Å². The Kier molecular flexibility index (Phi) is 6.91. The van der Waals surface area contributed by atoms with E-state index < -0.39 is 0 Å². The van der Waals surface area contributed by atoms with Gasteiger partial charge in [0.15, 0.2) is 0 Å². The number of benzene rings is 1. The molecule has 2 rings (SSSR count). The highest BCUT2D eigenvalue weighted by molar-refractivity contribution is 7.99. The van der Waals surface area contributed by atoms with Crippen LogP contribution in [0.15, 0.2) is 30.3 Å². The van der Waals surface area contributed by atoms with Crippen molar-refractivity contribution in [2.45, 2.75) is 26.3 Å². The number of hydrogen-bond acceptors (Lipinski definition) is 3. The predicted octanol–water partition coefficient (Wildman–Crippen LogP) is 3.41. The lowest BCUT2D eigenvalue weighted by Gasteiger charge is -2.33. The minimum Gasteiger partial charge on any atom is -0.310 e. The third kappa shape index (κ3) is 4.80. The fraction of sp³-hybridized carbons (Fsp3) is 0.647. The van der Waals surface area contributed by atoms with Gasteiger partial charge in [0, 0.05) is 37.2 Å². The molecule has 0 spiro atoms. The molecule has 2 nitrogen and oxygen atoms in total. The second-order valence-corrected chi connectivity index (χ2v) is 6.96. The molecule has 3 heteroatoms. The second-order valence-electron chi connectivity index (χ2n) is 5.73. The van der Waals surface area contributed by atoms with Crippen LogP contribution in [0.4, 0.5) is 0 Å². The zero-order chi connectivity index (χ0) is 14.2. The molecule has 0 amide bonds. The summed E-state index contributed by atoms with van der Waals surface area (Å²) in [4.78, 5) is 2.63. The summed E-state index contributed by atoms with van der Waals surface area (Å²) in [6, 6.07) is 11.4. The number of rotatable bonds is 7. The molecule has 1 saturated heterocycles. The zero-order valence-corrected chi connectivity index (χ0v) is 13.7. The summed E-state index contributed by atoms with van der Waals surface area (Å²) in [7, 11) is 0. The molecule has 1 aromatic rings. The number of nitrogens with one attached hydrogen (secondary N) is 1. The van der Waals surface area contributed by atoms with Crippen LogP contribution < -0.4 is 5.32 Å². The molecule has 1 aliphatic rings. The molecular weight excluding hydrogens is 264 g/mol. The van der Waals surface area contributed by atoms with Crippen molar-refractivity contribution in [3.63, 3.8) is 0 Å². The Morgan fingerprint density at radius 3 is 2.55 bits per heavy atom. The molecule has 0 aromatic heterocycles. The normalized spacial score (nSPS) is 19.7. The molecule has 1 fully saturated rings. The average molecular weight is 292 g/mol. The maximum Gasteiger partial charge on any atom is 0.0358 e. The lowest BCUT2D eigenvalue weighted by Crippen LogP contribution is -2.40. The van der Waals surface area contributed by atoms with E-state index in [1.54, 1.807) is 0 Å². The first-order chi connectivity index (χ1) is 9.81. The summed E-state index contributed by atoms with van der Waals surface area (Å²) in [5.74, 6) is 3.24. The van der Waals surface area contributed by atoms with Crippen molar-refractivity contribution in [2.24, 2.45) is 5.92 Å². The van der Waals surface area contributed by atoms with Crippen molar-refractivity contribution in [1.82, 2.24) is 10.2 Å². The molecule has 112 valence electrons. The van der Waals surface area contributed by atoms with Gasteiger partial charge < -0.3 is 10.2 Å². The Labute approximate surface area is 128 Å². The van der Waals surface area contributed by atoms with Crippen LogP contribution >= 0.6 is 11.8 Å². The van der Waals surface area contributed by atoms with Crippen molar-refractivity contribution >= 4 is 11.8 Å². The maximum atomic E-state index is 3.74. The fourth-order valence-corrected chi connectivity index (χ4v) is 3.88. The third-order valence-electron chi connectivity index (χ3n) is 3.99. The number of nitrogens with zero attached hydrogens (tertiary/aromatic N) is 1. The topological polar surface area (TPSA) is 15.3 Å². The monoisotopic (exact) mass is 292 g/mol. The third-order valence-corrected chi connectivity index (χ3v) is 4.93. The van der Waals surface area contributed by atoms with E-state index in [2.05, 4.69) is 66.2 Å². The van der Waals surface area contributed by atoms with Gasteiger partial charge in [-0.05, 0) is 24.4 Å². The molecule has 2 unspecified atom stereocenters. The van der Waals surface area contributed by atoms with E-state index >= 15 is 0 Å². The fourth-order valence-electron chi connectivity index (χ4n) is 2.90. The van der Waals surface area contributed by atoms with Crippen molar-refractivity contribution in [3.05, 3.63) is 35.9 Å². The first-order valence-electron chi connectivity index (χ1n) is 7.89. The summed E-state index contributed by atoms with van der Waals surface area (Å²) < 4.78 is 0. The lowest BCUT2D eigenvalue weighted by atomic mass is 9.93. The minimum absolute atomic E-state index is 0.478. The molecule has 1 heterocycles. The van der Waals surface area contributed by atoms with Gasteiger partial charge in [0.1, 0.15) is 0 Å². The SMILES string of the molecule is CCCNC(c1ccccc1)C(C)CN1CCSCC1. The van der Waals surface area contributed by atoms with Crippen molar-refractivity contribution < 1.29 is 0 Å². The van der Waals surface area contributed by atoms with Gasteiger partial charge >= 0.3 is 0 Å². The second kappa shape index (κ2) is 8.71. The highest BCUT2D eigenvalue weighted by atomic mass is 32.2. The van der Waals surface area contributed by atoms with Gasteiger partial charge in [0.2, 0.25) is 0 Å². The van der Waals surface area contributed by atoms with Crippen LogP contribution in [0, 0.1) is 5.92 Å². The molecule has 20 heavy (non-hydrogen) atoms. The van der Waals surface area contributed by atoms with Gasteiger partial charge in [-0.15, -0.1) is 0 Å². The summed E-state index contributed by atoms with van der Waals surface area (Å²) in [6.45, 7) is 9.44. The highest BCUT2D eigenvalue weighted by Gasteiger charge is 2.21. The van der Waals surface area contributed by atoms with E-state index in [0.29, 0.717) is 12.0 Å². The summed E-state index contributed by atoms with van der Waals surface area (Å²) >= 11 is 2.09. The predicted molar refractivity (Wildman–Crippen MR) is 90.4 cm³/mol. The molecule has 2 atom stereocenters. The van der Waals surface area contributed by atoms with E-state index in [4.69, 9.17) is 0 Å². The number of hydrogen-bond donors (Lipinski definition) is 1. The summed E-state index contributed by atoms with van der Waals surface area (Å²) in [5, 5.41) is 3.74. The Bertz CT molecular complexity index is 363. The van der Waals surface area contributed by atoms with Crippen LogP contribution in [0.5, 0.6) is 0 Å². The van der Waals surface area contributed by atoms with Crippen LogP contribution in [0.2, 0.25) is 0 Å². The molecule has 1 aromatic carbocycles. The van der Waals surface area contributed by atoms with E-state index in [-0.39, 0.29) is 0 Å². The smallest absolute Gasteiger partial charge is 0.0358 e. The molecule has 0 aliphatic carbocycles. The zero-order valence-electron chi connectivity index (χ0n) is 12.8. The van der Waals surface area contributed by atoms with Crippen LogP contribution in [-0.2, 0) is 0 Å². The molecule has 0 bridgehead atoms. The molecular formula is C17H28N2S. The van der Waals surface area contributed by atoms with Gasteiger partial charge in [-0.2, -0.15) is 11.8 Å². The first-order valence-corrected chi connectivity index (χ1v) is 9.05. The molecule has 0 saturated carbocycles. The van der Waals surface area contributed by atoms with Crippen molar-refractivity contribution in [2.75, 3.05) is 37.7 Å². The molecule has 1 aliphatic heterocycles. The Morgan fingerprint density at radius 2 is 1.90 bits per heavy atom. The van der Waals surface area contributed by atoms with Crippen LogP contribution in [0.25, 0.3) is 0 Å². The van der Waals surface area contributed by atoms with Crippen LogP contribution in [0.1, 0.15) is 31.9 Å². The van der Waals surface area contributed by atoms with Gasteiger partial charge in [0.25, 0.3) is 0 Å². The average Bonchev–Trinajstić information content (AvgIpc) is 2.50. The van der Waals surface area contributed by atoms with Gasteiger partial charge in [0.05, 0.1) is 0 Å². The first kappa shape index (κ1) is 15.9. The van der Waals surface area contributed by atoms with Crippen molar-refractivity contribution in [3.8, 4) is 0 Å². The largest absolute Gasteiger partial charge is 0.310 e. The lowest BCUT2D eigenvalue weighted by molar-refractivity contribution is 0.227. The van der Waals surface area contributed by atoms with Crippen LogP contribution in [-0.4, -0.2) is 42.6 Å². The Morgan fingerprint density at radius 1 is 1.20 bits per heavy atom. The van der Waals surface area contributed by atoms with Gasteiger partial charge in [-0.25, -0.2) is 0 Å².